The van der Waals surface area contributed by atoms with Crippen molar-refractivity contribution >= 4 is 28.6 Å². The lowest BCUT2D eigenvalue weighted by atomic mass is 10.0. The van der Waals surface area contributed by atoms with Crippen molar-refractivity contribution in [2.24, 2.45) is 5.92 Å². The zero-order chi connectivity index (χ0) is 21.8. The van der Waals surface area contributed by atoms with Crippen LogP contribution in [0, 0.1) is 5.92 Å². The van der Waals surface area contributed by atoms with E-state index in [2.05, 4.69) is 10.3 Å². The Morgan fingerprint density at radius 1 is 1.06 bits per heavy atom. The highest BCUT2D eigenvalue weighted by atomic mass is 16.2. The van der Waals surface area contributed by atoms with Gasteiger partial charge in [-0.15, -0.1) is 0 Å². The maximum absolute atomic E-state index is 13.2. The molecule has 2 heterocycles. The number of para-hydroxylation sites is 1. The van der Waals surface area contributed by atoms with Crippen LogP contribution in [-0.2, 0) is 20.8 Å². The Morgan fingerprint density at radius 3 is 2.45 bits per heavy atom. The number of H-pyrrole nitrogens is 1. The number of carbonyl (C=O) groups excluding carboxylic acids is 3. The Morgan fingerprint density at radius 2 is 1.74 bits per heavy atom. The van der Waals surface area contributed by atoms with Gasteiger partial charge in [0.15, 0.2) is 0 Å². The number of rotatable bonds is 6. The number of nitrogens with one attached hydrogen (secondary N) is 2. The van der Waals surface area contributed by atoms with Crippen molar-refractivity contribution in [2.45, 2.75) is 51.5 Å². The summed E-state index contributed by atoms with van der Waals surface area (Å²) in [6.45, 7) is 3.60. The van der Waals surface area contributed by atoms with Crippen LogP contribution in [0.2, 0.25) is 0 Å². The van der Waals surface area contributed by atoms with Gasteiger partial charge in [-0.25, -0.2) is 0 Å². The van der Waals surface area contributed by atoms with Crippen molar-refractivity contribution in [1.82, 2.24) is 20.1 Å². The first-order chi connectivity index (χ1) is 15.0. The molecule has 166 valence electrons. The van der Waals surface area contributed by atoms with Crippen LogP contribution < -0.4 is 5.32 Å². The highest BCUT2D eigenvalue weighted by Gasteiger charge is 2.31. The fraction of sp³-hybridized carbons (Fsp3) is 0.542. The lowest BCUT2D eigenvalue weighted by molar-refractivity contribution is -0.142. The molecule has 2 fully saturated rings. The van der Waals surface area contributed by atoms with E-state index in [9.17, 15) is 14.4 Å². The van der Waals surface area contributed by atoms with E-state index in [0.29, 0.717) is 44.9 Å². The standard InChI is InChI=1S/C24H32N4O3/c1-17(29)26-22(15-19-16-25-21-9-5-4-8-20(19)21)24(31)28-12-10-27(11-13-28)23(30)14-18-6-2-3-7-18/h4-5,8-9,16,18,22,25H,2-3,6-7,10-15H2,1H3,(H,26,29)/t22-/m1/s1. The SMILES string of the molecule is CC(=O)N[C@H](Cc1c[nH]c2ccccc12)C(=O)N1CCN(C(=O)CC2CCCC2)CC1. The summed E-state index contributed by atoms with van der Waals surface area (Å²) >= 11 is 0. The van der Waals surface area contributed by atoms with Gasteiger partial charge in [-0.3, -0.25) is 14.4 Å². The van der Waals surface area contributed by atoms with Gasteiger partial charge in [0.05, 0.1) is 0 Å². The smallest absolute Gasteiger partial charge is 0.245 e. The molecule has 1 aromatic heterocycles. The third-order valence-electron chi connectivity index (χ3n) is 6.66. The molecule has 7 nitrogen and oxygen atoms in total. The molecular formula is C24H32N4O3. The summed E-state index contributed by atoms with van der Waals surface area (Å²) in [5.41, 5.74) is 2.02. The molecule has 1 atom stereocenters. The Hall–Kier alpha value is -2.83. The number of aromatic amines is 1. The summed E-state index contributed by atoms with van der Waals surface area (Å²) in [5.74, 6) is 0.454. The van der Waals surface area contributed by atoms with Gasteiger partial charge < -0.3 is 20.1 Å². The molecule has 1 saturated carbocycles. The van der Waals surface area contributed by atoms with Gasteiger partial charge in [-0.05, 0) is 30.4 Å². The molecule has 31 heavy (non-hydrogen) atoms. The second-order valence-corrected chi connectivity index (χ2v) is 8.88. The number of carbonyl (C=O) groups is 3. The van der Waals surface area contributed by atoms with Crippen LogP contribution in [0.1, 0.15) is 44.6 Å². The fourth-order valence-electron chi connectivity index (χ4n) is 4.95. The van der Waals surface area contributed by atoms with Gasteiger partial charge in [0, 0.05) is 63.0 Å². The van der Waals surface area contributed by atoms with Crippen LogP contribution in [0.3, 0.4) is 0 Å². The van der Waals surface area contributed by atoms with E-state index in [1.54, 1.807) is 4.90 Å². The third kappa shape index (κ3) is 5.09. The van der Waals surface area contributed by atoms with E-state index in [-0.39, 0.29) is 17.7 Å². The Balaban J connectivity index is 1.37. The van der Waals surface area contributed by atoms with Gasteiger partial charge in [-0.1, -0.05) is 31.0 Å². The Kier molecular flexibility index (Phi) is 6.59. The van der Waals surface area contributed by atoms with Gasteiger partial charge in [0.2, 0.25) is 17.7 Å². The first kappa shape index (κ1) is 21.4. The number of piperazine rings is 1. The molecule has 3 amide bonds. The van der Waals surface area contributed by atoms with Crippen LogP contribution in [0.5, 0.6) is 0 Å². The highest BCUT2D eigenvalue weighted by Crippen LogP contribution is 2.28. The Bertz CT molecular complexity index is 939. The van der Waals surface area contributed by atoms with Crippen LogP contribution in [0.4, 0.5) is 0 Å². The summed E-state index contributed by atoms with van der Waals surface area (Å²) in [4.78, 5) is 44.6. The maximum Gasteiger partial charge on any atom is 0.245 e. The van der Waals surface area contributed by atoms with Crippen LogP contribution in [-0.4, -0.2) is 64.7 Å². The molecule has 7 heteroatoms. The number of nitrogens with zero attached hydrogens (tertiary/aromatic N) is 2. The molecule has 2 N–H and O–H groups in total. The van der Waals surface area contributed by atoms with Crippen molar-refractivity contribution in [3.8, 4) is 0 Å². The van der Waals surface area contributed by atoms with Crippen molar-refractivity contribution < 1.29 is 14.4 Å². The van der Waals surface area contributed by atoms with Gasteiger partial charge in [-0.2, -0.15) is 0 Å². The average Bonchev–Trinajstić information content (AvgIpc) is 3.43. The number of hydrogen-bond acceptors (Lipinski definition) is 3. The van der Waals surface area contributed by atoms with Crippen molar-refractivity contribution in [3.63, 3.8) is 0 Å². The molecule has 1 aromatic carbocycles. The van der Waals surface area contributed by atoms with Crippen LogP contribution >= 0.6 is 0 Å². The molecule has 4 rings (SSSR count). The largest absolute Gasteiger partial charge is 0.361 e. The summed E-state index contributed by atoms with van der Waals surface area (Å²) in [6.07, 6.45) is 7.79. The van der Waals surface area contributed by atoms with E-state index >= 15 is 0 Å². The number of amides is 3. The highest BCUT2D eigenvalue weighted by molar-refractivity contribution is 5.89. The first-order valence-corrected chi connectivity index (χ1v) is 11.4. The normalized spacial score (nSPS) is 18.4. The average molecular weight is 425 g/mol. The van der Waals surface area contributed by atoms with Crippen LogP contribution in [0.25, 0.3) is 10.9 Å². The minimum absolute atomic E-state index is 0.0802. The summed E-state index contributed by atoms with van der Waals surface area (Å²) in [5, 5.41) is 3.90. The Labute approximate surface area is 183 Å². The van der Waals surface area contributed by atoms with Crippen LogP contribution in [0.15, 0.2) is 30.5 Å². The zero-order valence-corrected chi connectivity index (χ0v) is 18.2. The maximum atomic E-state index is 13.2. The number of fused-ring (bicyclic) bond motifs is 1. The molecular weight excluding hydrogens is 392 g/mol. The molecule has 1 aliphatic heterocycles. The van der Waals surface area contributed by atoms with E-state index in [4.69, 9.17) is 0 Å². The van der Waals surface area contributed by atoms with E-state index in [1.807, 2.05) is 35.4 Å². The summed E-state index contributed by atoms with van der Waals surface area (Å²) in [7, 11) is 0. The number of hydrogen-bond donors (Lipinski definition) is 2. The van der Waals surface area contributed by atoms with E-state index < -0.39 is 6.04 Å². The predicted octanol–water partition coefficient (Wildman–Crippen LogP) is 2.47. The summed E-state index contributed by atoms with van der Waals surface area (Å²) in [6, 6.07) is 7.34. The topological polar surface area (TPSA) is 85.5 Å². The predicted molar refractivity (Wildman–Crippen MR) is 119 cm³/mol. The van der Waals surface area contributed by atoms with Crippen molar-refractivity contribution in [1.29, 1.82) is 0 Å². The zero-order valence-electron chi connectivity index (χ0n) is 18.2. The molecule has 0 spiro atoms. The van der Waals surface area contributed by atoms with Gasteiger partial charge in [0.1, 0.15) is 6.04 Å². The molecule has 0 radical (unpaired) electrons. The lowest BCUT2D eigenvalue weighted by Crippen LogP contribution is -2.56. The first-order valence-electron chi connectivity index (χ1n) is 11.4. The second-order valence-electron chi connectivity index (χ2n) is 8.88. The van der Waals surface area contributed by atoms with E-state index in [0.717, 1.165) is 29.3 Å². The minimum atomic E-state index is -0.613. The molecule has 0 bridgehead atoms. The minimum Gasteiger partial charge on any atom is -0.361 e. The third-order valence-corrected chi connectivity index (χ3v) is 6.66. The van der Waals surface area contributed by atoms with Crippen molar-refractivity contribution in [3.05, 3.63) is 36.0 Å². The van der Waals surface area contributed by atoms with E-state index in [1.165, 1.54) is 19.8 Å². The fourth-order valence-corrected chi connectivity index (χ4v) is 4.95. The quantitative estimate of drug-likeness (QED) is 0.747. The number of aromatic nitrogens is 1. The molecule has 0 unspecified atom stereocenters. The lowest BCUT2D eigenvalue weighted by Gasteiger charge is -2.37. The van der Waals surface area contributed by atoms with Crippen molar-refractivity contribution in [2.75, 3.05) is 26.2 Å². The second kappa shape index (κ2) is 9.54. The molecule has 2 aromatic rings. The molecule has 1 saturated heterocycles. The molecule has 1 aliphatic carbocycles. The summed E-state index contributed by atoms with van der Waals surface area (Å²) < 4.78 is 0. The van der Waals surface area contributed by atoms with Gasteiger partial charge >= 0.3 is 0 Å². The monoisotopic (exact) mass is 424 g/mol. The molecule has 2 aliphatic rings. The number of benzene rings is 1. The van der Waals surface area contributed by atoms with Gasteiger partial charge in [0.25, 0.3) is 0 Å².